The SMILES string of the molecule is COC(CN)CC(=O)Nc1cccc(CN(C)Cc2cscn2)c1. The zero-order valence-electron chi connectivity index (χ0n) is 14.1. The number of amides is 1. The fraction of sp³-hybridized carbons (Fsp3) is 0.412. The van der Waals surface area contributed by atoms with E-state index in [9.17, 15) is 4.79 Å². The maximum Gasteiger partial charge on any atom is 0.227 e. The number of nitrogens with one attached hydrogen (secondary N) is 1. The Kier molecular flexibility index (Phi) is 7.33. The van der Waals surface area contributed by atoms with Gasteiger partial charge >= 0.3 is 0 Å². The van der Waals surface area contributed by atoms with Crippen molar-refractivity contribution < 1.29 is 9.53 Å². The molecule has 1 aromatic carbocycles. The molecule has 0 saturated heterocycles. The van der Waals surface area contributed by atoms with Gasteiger partial charge in [0.25, 0.3) is 0 Å². The molecule has 0 saturated carbocycles. The molecular weight excluding hydrogens is 324 g/mol. The van der Waals surface area contributed by atoms with Gasteiger partial charge in [-0.05, 0) is 24.7 Å². The van der Waals surface area contributed by atoms with Crippen LogP contribution < -0.4 is 11.1 Å². The molecule has 0 aliphatic heterocycles. The number of hydrogen-bond acceptors (Lipinski definition) is 6. The fourth-order valence-corrected chi connectivity index (χ4v) is 2.94. The van der Waals surface area contributed by atoms with Gasteiger partial charge in [0.15, 0.2) is 0 Å². The standard InChI is InChI=1S/C17H24N4O2S/c1-21(10-15-11-24-12-19-15)9-13-4-3-5-14(6-13)20-17(22)7-16(8-18)23-2/h3-6,11-12,16H,7-10,18H2,1-2H3,(H,20,22). The number of methoxy groups -OCH3 is 1. The van der Waals surface area contributed by atoms with E-state index < -0.39 is 0 Å². The van der Waals surface area contributed by atoms with Crippen molar-refractivity contribution in [3.63, 3.8) is 0 Å². The quantitative estimate of drug-likeness (QED) is 0.725. The smallest absolute Gasteiger partial charge is 0.227 e. The predicted octanol–water partition coefficient (Wildman–Crippen LogP) is 2.08. The van der Waals surface area contributed by atoms with Gasteiger partial charge in [-0.3, -0.25) is 9.69 Å². The number of carbonyl (C=O) groups excluding carboxylic acids is 1. The highest BCUT2D eigenvalue weighted by atomic mass is 32.1. The van der Waals surface area contributed by atoms with Crippen LogP contribution in [0.3, 0.4) is 0 Å². The lowest BCUT2D eigenvalue weighted by atomic mass is 10.1. The molecule has 1 heterocycles. The van der Waals surface area contributed by atoms with Crippen molar-refractivity contribution in [2.24, 2.45) is 5.73 Å². The third-order valence-corrected chi connectivity index (χ3v) is 4.22. The van der Waals surface area contributed by atoms with Crippen LogP contribution in [0.5, 0.6) is 0 Å². The molecule has 2 aromatic rings. The van der Waals surface area contributed by atoms with Crippen LogP contribution in [0.1, 0.15) is 17.7 Å². The highest BCUT2D eigenvalue weighted by Gasteiger charge is 2.12. The highest BCUT2D eigenvalue weighted by molar-refractivity contribution is 7.07. The maximum atomic E-state index is 12.0. The lowest BCUT2D eigenvalue weighted by Gasteiger charge is -2.16. The Balaban J connectivity index is 1.89. The van der Waals surface area contributed by atoms with E-state index in [1.807, 2.05) is 29.8 Å². The first-order valence-corrected chi connectivity index (χ1v) is 8.72. The summed E-state index contributed by atoms with van der Waals surface area (Å²) < 4.78 is 5.14. The Morgan fingerprint density at radius 3 is 2.96 bits per heavy atom. The molecule has 7 heteroatoms. The number of hydrogen-bond donors (Lipinski definition) is 2. The molecule has 1 aromatic heterocycles. The van der Waals surface area contributed by atoms with Crippen LogP contribution >= 0.6 is 11.3 Å². The average Bonchev–Trinajstić information content (AvgIpc) is 3.05. The zero-order valence-corrected chi connectivity index (χ0v) is 14.9. The number of anilines is 1. The summed E-state index contributed by atoms with van der Waals surface area (Å²) in [6, 6.07) is 7.86. The largest absolute Gasteiger partial charge is 0.380 e. The normalized spacial score (nSPS) is 12.3. The Hall–Kier alpha value is -1.80. The van der Waals surface area contributed by atoms with Crippen molar-refractivity contribution in [1.82, 2.24) is 9.88 Å². The van der Waals surface area contributed by atoms with Gasteiger partial charge in [-0.2, -0.15) is 0 Å². The van der Waals surface area contributed by atoms with Gasteiger partial charge in [0.05, 0.1) is 23.7 Å². The summed E-state index contributed by atoms with van der Waals surface area (Å²) in [4.78, 5) is 18.5. The van der Waals surface area contributed by atoms with Crippen LogP contribution in [0.2, 0.25) is 0 Å². The van der Waals surface area contributed by atoms with E-state index in [2.05, 4.69) is 27.6 Å². The lowest BCUT2D eigenvalue weighted by molar-refractivity contribution is -0.118. The molecule has 0 aliphatic carbocycles. The number of thiazole rings is 1. The van der Waals surface area contributed by atoms with Gasteiger partial charge in [0.2, 0.25) is 5.91 Å². The topological polar surface area (TPSA) is 80.5 Å². The fourth-order valence-electron chi connectivity index (χ4n) is 2.39. The summed E-state index contributed by atoms with van der Waals surface area (Å²) in [5.41, 5.74) is 10.4. The molecule has 1 amide bonds. The summed E-state index contributed by atoms with van der Waals surface area (Å²) >= 11 is 1.60. The number of nitrogens with two attached hydrogens (primary N) is 1. The van der Waals surface area contributed by atoms with Crippen LogP contribution in [0.4, 0.5) is 5.69 Å². The molecule has 130 valence electrons. The summed E-state index contributed by atoms with van der Waals surface area (Å²) in [5.74, 6) is -0.0970. The van der Waals surface area contributed by atoms with E-state index in [0.717, 1.165) is 30.0 Å². The molecule has 0 spiro atoms. The van der Waals surface area contributed by atoms with Crippen molar-refractivity contribution in [1.29, 1.82) is 0 Å². The summed E-state index contributed by atoms with van der Waals surface area (Å²) in [6.45, 7) is 1.90. The van der Waals surface area contributed by atoms with Gasteiger partial charge in [-0.15, -0.1) is 11.3 Å². The van der Waals surface area contributed by atoms with Crippen LogP contribution in [0.25, 0.3) is 0 Å². The minimum Gasteiger partial charge on any atom is -0.380 e. The number of nitrogens with zero attached hydrogens (tertiary/aromatic N) is 2. The average molecular weight is 348 g/mol. The molecule has 2 rings (SSSR count). The van der Waals surface area contributed by atoms with Gasteiger partial charge in [-0.25, -0.2) is 4.98 Å². The van der Waals surface area contributed by atoms with Gasteiger partial charge in [0.1, 0.15) is 0 Å². The Bertz CT molecular complexity index is 629. The molecule has 0 radical (unpaired) electrons. The monoisotopic (exact) mass is 348 g/mol. The van der Waals surface area contributed by atoms with Gasteiger partial charge in [0, 0.05) is 37.8 Å². The van der Waals surface area contributed by atoms with Crippen molar-refractivity contribution in [3.05, 3.63) is 46.4 Å². The summed E-state index contributed by atoms with van der Waals surface area (Å²) in [5, 5.41) is 4.95. The van der Waals surface area contributed by atoms with Crippen LogP contribution in [0.15, 0.2) is 35.2 Å². The van der Waals surface area contributed by atoms with E-state index in [-0.39, 0.29) is 18.4 Å². The molecule has 6 nitrogen and oxygen atoms in total. The molecule has 0 bridgehead atoms. The first-order chi connectivity index (χ1) is 11.6. The second kappa shape index (κ2) is 9.48. The van der Waals surface area contributed by atoms with Crippen LogP contribution in [-0.4, -0.2) is 42.6 Å². The first kappa shape index (κ1) is 18.5. The first-order valence-electron chi connectivity index (χ1n) is 7.78. The van der Waals surface area contributed by atoms with Crippen LogP contribution in [-0.2, 0) is 22.6 Å². The second-order valence-electron chi connectivity index (χ2n) is 5.70. The van der Waals surface area contributed by atoms with E-state index in [1.165, 1.54) is 0 Å². The second-order valence-corrected chi connectivity index (χ2v) is 6.42. The minimum absolute atomic E-state index is 0.0970. The minimum atomic E-state index is -0.252. The van der Waals surface area contributed by atoms with E-state index >= 15 is 0 Å². The number of rotatable bonds is 9. The van der Waals surface area contributed by atoms with Crippen molar-refractivity contribution in [2.75, 3.05) is 26.0 Å². The van der Waals surface area contributed by atoms with Crippen molar-refractivity contribution >= 4 is 22.9 Å². The summed E-state index contributed by atoms with van der Waals surface area (Å²) in [6.07, 6.45) is -0.00143. The molecule has 1 unspecified atom stereocenters. The van der Waals surface area contributed by atoms with Crippen molar-refractivity contribution in [3.8, 4) is 0 Å². The van der Waals surface area contributed by atoms with Crippen LogP contribution in [0, 0.1) is 0 Å². The number of carbonyl (C=O) groups is 1. The molecule has 3 N–H and O–H groups in total. The van der Waals surface area contributed by atoms with E-state index in [1.54, 1.807) is 18.4 Å². The molecule has 24 heavy (non-hydrogen) atoms. The Morgan fingerprint density at radius 1 is 1.46 bits per heavy atom. The third-order valence-electron chi connectivity index (χ3n) is 3.59. The molecule has 0 aliphatic rings. The molecule has 1 atom stereocenters. The van der Waals surface area contributed by atoms with Gasteiger partial charge in [-0.1, -0.05) is 12.1 Å². The number of aromatic nitrogens is 1. The molecule has 0 fully saturated rings. The number of ether oxygens (including phenoxy) is 1. The van der Waals surface area contributed by atoms with E-state index in [0.29, 0.717) is 6.54 Å². The Morgan fingerprint density at radius 2 is 2.29 bits per heavy atom. The van der Waals surface area contributed by atoms with E-state index in [4.69, 9.17) is 10.5 Å². The zero-order chi connectivity index (χ0) is 17.4. The molecular formula is C17H24N4O2S. The van der Waals surface area contributed by atoms with Crippen molar-refractivity contribution in [2.45, 2.75) is 25.6 Å². The highest BCUT2D eigenvalue weighted by Crippen LogP contribution is 2.14. The third kappa shape index (κ3) is 6.01. The number of benzene rings is 1. The summed E-state index contributed by atoms with van der Waals surface area (Å²) in [7, 11) is 3.61. The Labute approximate surface area is 146 Å². The lowest BCUT2D eigenvalue weighted by Crippen LogP contribution is -2.28. The predicted molar refractivity (Wildman–Crippen MR) is 96.8 cm³/mol. The van der Waals surface area contributed by atoms with Gasteiger partial charge < -0.3 is 15.8 Å². The maximum absolute atomic E-state index is 12.0.